The number of nitrogens with one attached hydrogen (secondary N) is 1. The van der Waals surface area contributed by atoms with Gasteiger partial charge in [-0.1, -0.05) is 20.8 Å². The van der Waals surface area contributed by atoms with Gasteiger partial charge in [-0.05, 0) is 31.6 Å². The standard InChI is InChI=1S/C16H27N3O2S/c1-5-13-14(22-11(2)18-13)9-17-15(21)19-7-6-12(20)8-16(3,4)10-19/h12,20H,5-10H2,1-4H3,(H,17,21). The molecule has 5 nitrogen and oxygen atoms in total. The highest BCUT2D eigenvalue weighted by molar-refractivity contribution is 7.11. The van der Waals surface area contributed by atoms with Crippen molar-refractivity contribution >= 4 is 17.4 Å². The Morgan fingerprint density at radius 3 is 2.95 bits per heavy atom. The summed E-state index contributed by atoms with van der Waals surface area (Å²) in [6.07, 6.45) is 1.96. The summed E-state index contributed by atoms with van der Waals surface area (Å²) >= 11 is 1.65. The molecule has 2 rings (SSSR count). The van der Waals surface area contributed by atoms with Gasteiger partial charge in [0.05, 0.1) is 23.4 Å². The summed E-state index contributed by atoms with van der Waals surface area (Å²) in [6.45, 7) is 10.1. The largest absolute Gasteiger partial charge is 0.393 e. The average molecular weight is 325 g/mol. The van der Waals surface area contributed by atoms with Crippen LogP contribution in [0.3, 0.4) is 0 Å². The smallest absolute Gasteiger partial charge is 0.317 e. The highest BCUT2D eigenvalue weighted by Crippen LogP contribution is 2.28. The average Bonchev–Trinajstić information content (AvgIpc) is 2.72. The molecule has 0 radical (unpaired) electrons. The molecule has 2 N–H and O–H groups in total. The number of urea groups is 1. The van der Waals surface area contributed by atoms with E-state index in [2.05, 4.69) is 31.1 Å². The fourth-order valence-corrected chi connectivity index (χ4v) is 4.04. The molecule has 1 aliphatic heterocycles. The third kappa shape index (κ3) is 4.43. The minimum absolute atomic E-state index is 0.0460. The minimum atomic E-state index is -0.316. The fourth-order valence-electron chi connectivity index (χ4n) is 3.07. The summed E-state index contributed by atoms with van der Waals surface area (Å²) in [5.41, 5.74) is 1.03. The van der Waals surface area contributed by atoms with Crippen LogP contribution in [0.1, 0.15) is 49.2 Å². The quantitative estimate of drug-likeness (QED) is 0.898. The Morgan fingerprint density at radius 1 is 1.55 bits per heavy atom. The van der Waals surface area contributed by atoms with Gasteiger partial charge in [0.15, 0.2) is 0 Å². The van der Waals surface area contributed by atoms with Crippen LogP contribution in [0.15, 0.2) is 0 Å². The number of aryl methyl sites for hydroxylation is 2. The topological polar surface area (TPSA) is 65.5 Å². The lowest BCUT2D eigenvalue weighted by molar-refractivity contribution is 0.121. The van der Waals surface area contributed by atoms with Crippen LogP contribution in [-0.4, -0.2) is 40.2 Å². The van der Waals surface area contributed by atoms with Crippen LogP contribution < -0.4 is 5.32 Å². The first-order chi connectivity index (χ1) is 10.3. The molecule has 2 amide bonds. The van der Waals surface area contributed by atoms with E-state index in [0.29, 0.717) is 26.1 Å². The van der Waals surface area contributed by atoms with Crippen LogP contribution in [0.2, 0.25) is 0 Å². The Labute approximate surface area is 136 Å². The van der Waals surface area contributed by atoms with Crippen molar-refractivity contribution < 1.29 is 9.90 Å². The predicted molar refractivity (Wildman–Crippen MR) is 89.1 cm³/mol. The molecule has 1 fully saturated rings. The van der Waals surface area contributed by atoms with Crippen molar-refractivity contribution in [1.29, 1.82) is 0 Å². The monoisotopic (exact) mass is 325 g/mol. The molecule has 0 aromatic carbocycles. The van der Waals surface area contributed by atoms with Crippen molar-refractivity contribution in [1.82, 2.24) is 15.2 Å². The van der Waals surface area contributed by atoms with Gasteiger partial charge in [0.1, 0.15) is 0 Å². The summed E-state index contributed by atoms with van der Waals surface area (Å²) in [5, 5.41) is 14.0. The van der Waals surface area contributed by atoms with Gasteiger partial charge in [0.25, 0.3) is 0 Å². The SMILES string of the molecule is CCc1nc(C)sc1CNC(=O)N1CCC(O)CC(C)(C)C1. The number of amides is 2. The van der Waals surface area contributed by atoms with Gasteiger partial charge in [-0.25, -0.2) is 9.78 Å². The van der Waals surface area contributed by atoms with E-state index in [-0.39, 0.29) is 17.6 Å². The Kier molecular flexibility index (Phi) is 5.45. The van der Waals surface area contributed by atoms with Crippen LogP contribution >= 0.6 is 11.3 Å². The molecule has 0 bridgehead atoms. The van der Waals surface area contributed by atoms with Gasteiger partial charge < -0.3 is 15.3 Å². The van der Waals surface area contributed by atoms with Crippen molar-refractivity contribution in [3.05, 3.63) is 15.6 Å². The molecule has 1 saturated heterocycles. The molecule has 0 spiro atoms. The van der Waals surface area contributed by atoms with Crippen LogP contribution in [0, 0.1) is 12.3 Å². The lowest BCUT2D eigenvalue weighted by Crippen LogP contribution is -2.43. The zero-order valence-electron chi connectivity index (χ0n) is 14.0. The maximum atomic E-state index is 12.4. The Bertz CT molecular complexity index is 527. The molecule has 1 atom stereocenters. The number of likely N-dealkylation sites (tertiary alicyclic amines) is 1. The Morgan fingerprint density at radius 2 is 2.27 bits per heavy atom. The first-order valence-electron chi connectivity index (χ1n) is 7.97. The third-order valence-electron chi connectivity index (χ3n) is 4.05. The van der Waals surface area contributed by atoms with Crippen LogP contribution in [0.5, 0.6) is 0 Å². The molecule has 1 aliphatic rings. The number of hydrogen-bond acceptors (Lipinski definition) is 4. The number of nitrogens with zero attached hydrogens (tertiary/aromatic N) is 2. The third-order valence-corrected chi connectivity index (χ3v) is 5.06. The van der Waals surface area contributed by atoms with E-state index in [1.807, 2.05) is 11.8 Å². The van der Waals surface area contributed by atoms with Crippen molar-refractivity contribution in [3.8, 4) is 0 Å². The Balaban J connectivity index is 1.96. The highest BCUT2D eigenvalue weighted by atomic mass is 32.1. The molecule has 124 valence electrons. The highest BCUT2D eigenvalue weighted by Gasteiger charge is 2.31. The van der Waals surface area contributed by atoms with Gasteiger partial charge in [-0.2, -0.15) is 0 Å². The van der Waals surface area contributed by atoms with E-state index in [0.717, 1.165) is 28.4 Å². The zero-order chi connectivity index (χ0) is 16.3. The summed E-state index contributed by atoms with van der Waals surface area (Å²) in [5.74, 6) is 0. The van der Waals surface area contributed by atoms with Crippen molar-refractivity contribution in [2.75, 3.05) is 13.1 Å². The molecule has 1 unspecified atom stereocenters. The molecule has 0 aliphatic carbocycles. The van der Waals surface area contributed by atoms with Gasteiger partial charge in [-0.15, -0.1) is 11.3 Å². The first-order valence-corrected chi connectivity index (χ1v) is 8.78. The molecule has 6 heteroatoms. The number of hydrogen-bond donors (Lipinski definition) is 2. The second-order valence-corrected chi connectivity index (χ2v) is 8.14. The molecule has 1 aromatic heterocycles. The van der Waals surface area contributed by atoms with E-state index < -0.39 is 0 Å². The van der Waals surface area contributed by atoms with Crippen molar-refractivity contribution in [2.24, 2.45) is 5.41 Å². The van der Waals surface area contributed by atoms with Crippen LogP contribution in [0.4, 0.5) is 4.79 Å². The fraction of sp³-hybridized carbons (Fsp3) is 0.750. The summed E-state index contributed by atoms with van der Waals surface area (Å²) in [7, 11) is 0. The lowest BCUT2D eigenvalue weighted by atomic mass is 9.87. The number of aromatic nitrogens is 1. The lowest BCUT2D eigenvalue weighted by Gasteiger charge is -2.29. The zero-order valence-corrected chi connectivity index (χ0v) is 14.8. The number of carbonyl (C=O) groups is 1. The molecule has 2 heterocycles. The number of aliphatic hydroxyl groups is 1. The van der Waals surface area contributed by atoms with Gasteiger partial charge in [0.2, 0.25) is 0 Å². The van der Waals surface area contributed by atoms with E-state index >= 15 is 0 Å². The van der Waals surface area contributed by atoms with Crippen molar-refractivity contribution in [2.45, 2.75) is 59.6 Å². The molecule has 0 saturated carbocycles. The predicted octanol–water partition coefficient (Wildman–Crippen LogP) is 2.71. The number of thiazole rings is 1. The maximum Gasteiger partial charge on any atom is 0.317 e. The van der Waals surface area contributed by atoms with Crippen molar-refractivity contribution in [3.63, 3.8) is 0 Å². The minimum Gasteiger partial charge on any atom is -0.393 e. The van der Waals surface area contributed by atoms with Gasteiger partial charge in [-0.3, -0.25) is 0 Å². The molecular weight excluding hydrogens is 298 g/mol. The van der Waals surface area contributed by atoms with Crippen LogP contribution in [-0.2, 0) is 13.0 Å². The number of rotatable bonds is 3. The summed E-state index contributed by atoms with van der Waals surface area (Å²) < 4.78 is 0. The maximum absolute atomic E-state index is 12.4. The van der Waals surface area contributed by atoms with Gasteiger partial charge >= 0.3 is 6.03 Å². The first kappa shape index (κ1) is 17.2. The van der Waals surface area contributed by atoms with E-state index in [1.165, 1.54) is 0 Å². The normalized spacial score (nSPS) is 21.5. The van der Waals surface area contributed by atoms with E-state index in [4.69, 9.17) is 0 Å². The van der Waals surface area contributed by atoms with Crippen LogP contribution in [0.25, 0.3) is 0 Å². The Hall–Kier alpha value is -1.14. The molecule has 22 heavy (non-hydrogen) atoms. The second-order valence-electron chi connectivity index (χ2n) is 6.85. The number of aliphatic hydroxyl groups excluding tert-OH is 1. The summed E-state index contributed by atoms with van der Waals surface area (Å²) in [4.78, 5) is 19.9. The second kappa shape index (κ2) is 6.96. The summed E-state index contributed by atoms with van der Waals surface area (Å²) in [6, 6.07) is -0.0460. The van der Waals surface area contributed by atoms with E-state index in [9.17, 15) is 9.90 Å². The van der Waals surface area contributed by atoms with E-state index in [1.54, 1.807) is 11.3 Å². The number of carbonyl (C=O) groups excluding carboxylic acids is 1. The molecular formula is C16H27N3O2S. The molecule has 1 aromatic rings. The van der Waals surface area contributed by atoms with Gasteiger partial charge in [0, 0.05) is 18.0 Å².